The molecule has 0 heterocycles. The van der Waals surface area contributed by atoms with E-state index in [1.165, 1.54) is 11.1 Å². The summed E-state index contributed by atoms with van der Waals surface area (Å²) < 4.78 is 5.39. The summed E-state index contributed by atoms with van der Waals surface area (Å²) in [5.74, 6) is 1.08. The van der Waals surface area contributed by atoms with Gasteiger partial charge in [-0.1, -0.05) is 24.6 Å². The van der Waals surface area contributed by atoms with E-state index in [2.05, 4.69) is 44.0 Å². The smallest absolute Gasteiger partial charge is 0.122 e. The molecule has 1 aromatic carbocycles. The van der Waals surface area contributed by atoms with Gasteiger partial charge in [-0.05, 0) is 38.4 Å². The molecule has 1 unspecified atom stereocenters. The minimum absolute atomic E-state index is 0.129. The minimum Gasteiger partial charge on any atom is -0.496 e. The zero-order valence-electron chi connectivity index (χ0n) is 12.4. The third-order valence-corrected chi connectivity index (χ3v) is 3.41. The molecule has 1 rings (SSSR count). The van der Waals surface area contributed by atoms with E-state index in [0.29, 0.717) is 0 Å². The lowest BCUT2D eigenvalue weighted by Gasteiger charge is -2.19. The number of benzene rings is 1. The molecule has 0 fully saturated rings. The lowest BCUT2D eigenvalue weighted by Crippen LogP contribution is -2.27. The number of nitrogens with zero attached hydrogens (tertiary/aromatic N) is 2. The second kappa shape index (κ2) is 7.81. The van der Waals surface area contributed by atoms with Crippen molar-refractivity contribution in [3.05, 3.63) is 29.3 Å². The summed E-state index contributed by atoms with van der Waals surface area (Å²) in [5.41, 5.74) is 2.49. The highest BCUT2D eigenvalue weighted by atomic mass is 16.5. The van der Waals surface area contributed by atoms with E-state index >= 15 is 0 Å². The molecule has 0 spiro atoms. The Morgan fingerprint density at radius 1 is 1.42 bits per heavy atom. The predicted molar refractivity (Wildman–Crippen MR) is 78.3 cm³/mol. The van der Waals surface area contributed by atoms with Gasteiger partial charge in [-0.2, -0.15) is 5.26 Å². The van der Waals surface area contributed by atoms with E-state index in [1.54, 1.807) is 7.11 Å². The molecule has 0 N–H and O–H groups in total. The van der Waals surface area contributed by atoms with Gasteiger partial charge in [-0.15, -0.1) is 0 Å². The van der Waals surface area contributed by atoms with Crippen LogP contribution in [0, 0.1) is 24.2 Å². The van der Waals surface area contributed by atoms with Crippen molar-refractivity contribution in [2.45, 2.75) is 26.7 Å². The molecule has 19 heavy (non-hydrogen) atoms. The highest BCUT2D eigenvalue weighted by Crippen LogP contribution is 2.20. The summed E-state index contributed by atoms with van der Waals surface area (Å²) in [6, 6.07) is 8.61. The van der Waals surface area contributed by atoms with E-state index in [9.17, 15) is 0 Å². The average Bonchev–Trinajstić information content (AvgIpc) is 2.42. The molecule has 0 aromatic heterocycles. The van der Waals surface area contributed by atoms with Crippen molar-refractivity contribution in [1.82, 2.24) is 4.90 Å². The monoisotopic (exact) mass is 260 g/mol. The van der Waals surface area contributed by atoms with Crippen molar-refractivity contribution in [1.29, 1.82) is 5.26 Å². The second-order valence-electron chi connectivity index (χ2n) is 5.06. The van der Waals surface area contributed by atoms with E-state index in [1.807, 2.05) is 6.07 Å². The lowest BCUT2D eigenvalue weighted by atomic mass is 10.1. The van der Waals surface area contributed by atoms with Crippen LogP contribution in [0.15, 0.2) is 18.2 Å². The zero-order chi connectivity index (χ0) is 14.3. The van der Waals surface area contributed by atoms with Crippen LogP contribution in [0.4, 0.5) is 0 Å². The Bertz CT molecular complexity index is 437. The van der Waals surface area contributed by atoms with Gasteiger partial charge < -0.3 is 9.64 Å². The van der Waals surface area contributed by atoms with Crippen LogP contribution < -0.4 is 4.74 Å². The van der Waals surface area contributed by atoms with Crippen LogP contribution >= 0.6 is 0 Å². The van der Waals surface area contributed by atoms with Gasteiger partial charge in [-0.3, -0.25) is 0 Å². The van der Waals surface area contributed by atoms with Crippen molar-refractivity contribution in [2.24, 2.45) is 5.92 Å². The Morgan fingerprint density at radius 2 is 2.16 bits per heavy atom. The van der Waals surface area contributed by atoms with Gasteiger partial charge in [0.25, 0.3) is 0 Å². The molecule has 1 aromatic rings. The number of hydrogen-bond acceptors (Lipinski definition) is 3. The molecule has 0 amide bonds. The van der Waals surface area contributed by atoms with Crippen LogP contribution in [0.1, 0.15) is 24.5 Å². The Balaban J connectivity index is 2.57. The fraction of sp³-hybridized carbons (Fsp3) is 0.562. The quantitative estimate of drug-likeness (QED) is 0.756. The third kappa shape index (κ3) is 4.92. The third-order valence-electron chi connectivity index (χ3n) is 3.41. The molecule has 0 saturated carbocycles. The Hall–Kier alpha value is -1.53. The number of methoxy groups -OCH3 is 1. The lowest BCUT2D eigenvalue weighted by molar-refractivity contribution is 0.301. The van der Waals surface area contributed by atoms with Gasteiger partial charge in [0.15, 0.2) is 0 Å². The Morgan fingerprint density at radius 3 is 2.74 bits per heavy atom. The van der Waals surface area contributed by atoms with Crippen molar-refractivity contribution >= 4 is 0 Å². The van der Waals surface area contributed by atoms with Gasteiger partial charge in [0.05, 0.1) is 19.1 Å². The zero-order valence-corrected chi connectivity index (χ0v) is 12.4. The van der Waals surface area contributed by atoms with E-state index in [-0.39, 0.29) is 5.92 Å². The molecular weight excluding hydrogens is 236 g/mol. The van der Waals surface area contributed by atoms with Crippen molar-refractivity contribution in [3.63, 3.8) is 0 Å². The van der Waals surface area contributed by atoms with Crippen LogP contribution in [0.3, 0.4) is 0 Å². The average molecular weight is 260 g/mol. The van der Waals surface area contributed by atoms with Gasteiger partial charge >= 0.3 is 0 Å². The standard InChI is InChI=1S/C16H24N2O/c1-5-14(11-17)12-18(3)9-8-15-10-13(2)6-7-16(15)19-4/h6-7,10,14H,5,8-9,12H2,1-4H3. The molecule has 0 aliphatic rings. The maximum atomic E-state index is 8.98. The van der Waals surface area contributed by atoms with Crippen LogP contribution in [0.25, 0.3) is 0 Å². The molecule has 3 nitrogen and oxygen atoms in total. The van der Waals surface area contributed by atoms with Crippen molar-refractivity contribution < 1.29 is 4.74 Å². The largest absolute Gasteiger partial charge is 0.496 e. The van der Waals surface area contributed by atoms with Gasteiger partial charge in [0.2, 0.25) is 0 Å². The maximum absolute atomic E-state index is 8.98. The number of ether oxygens (including phenoxy) is 1. The first kappa shape index (κ1) is 15.5. The fourth-order valence-corrected chi connectivity index (χ4v) is 2.14. The highest BCUT2D eigenvalue weighted by Gasteiger charge is 2.10. The minimum atomic E-state index is 0.129. The predicted octanol–water partition coefficient (Wildman–Crippen LogP) is 3.03. The van der Waals surface area contributed by atoms with Crippen molar-refractivity contribution in [3.8, 4) is 11.8 Å². The van der Waals surface area contributed by atoms with Crippen LogP contribution in [-0.4, -0.2) is 32.1 Å². The summed E-state index contributed by atoms with van der Waals surface area (Å²) in [6.07, 6.45) is 1.86. The van der Waals surface area contributed by atoms with Crippen LogP contribution in [0.2, 0.25) is 0 Å². The van der Waals surface area contributed by atoms with Crippen LogP contribution in [0.5, 0.6) is 5.75 Å². The molecule has 0 bridgehead atoms. The number of hydrogen-bond donors (Lipinski definition) is 0. The molecular formula is C16H24N2O. The molecule has 104 valence electrons. The highest BCUT2D eigenvalue weighted by molar-refractivity contribution is 5.37. The second-order valence-corrected chi connectivity index (χ2v) is 5.06. The maximum Gasteiger partial charge on any atom is 0.122 e. The SMILES string of the molecule is CCC(C#N)CN(C)CCc1cc(C)ccc1OC. The summed E-state index contributed by atoms with van der Waals surface area (Å²) in [5, 5.41) is 8.98. The molecule has 0 aliphatic carbocycles. The molecule has 0 saturated heterocycles. The molecule has 0 aliphatic heterocycles. The Labute approximate surface area is 116 Å². The number of likely N-dealkylation sites (N-methyl/N-ethyl adjacent to an activating group) is 1. The van der Waals surface area contributed by atoms with Crippen LogP contribution in [-0.2, 0) is 6.42 Å². The van der Waals surface area contributed by atoms with Crippen molar-refractivity contribution in [2.75, 3.05) is 27.2 Å². The van der Waals surface area contributed by atoms with E-state index in [0.717, 1.165) is 31.7 Å². The first-order chi connectivity index (χ1) is 9.10. The summed E-state index contributed by atoms with van der Waals surface area (Å²) in [6.45, 7) is 5.93. The van der Waals surface area contributed by atoms with Gasteiger partial charge in [0.1, 0.15) is 5.75 Å². The summed E-state index contributed by atoms with van der Waals surface area (Å²) in [4.78, 5) is 2.22. The number of aryl methyl sites for hydroxylation is 1. The number of nitriles is 1. The first-order valence-electron chi connectivity index (χ1n) is 6.82. The normalized spacial score (nSPS) is 12.2. The van der Waals surface area contributed by atoms with Gasteiger partial charge in [0, 0.05) is 13.1 Å². The topological polar surface area (TPSA) is 36.3 Å². The number of rotatable bonds is 7. The van der Waals surface area contributed by atoms with E-state index in [4.69, 9.17) is 10.00 Å². The Kier molecular flexibility index (Phi) is 6.38. The molecule has 0 radical (unpaired) electrons. The molecule has 3 heteroatoms. The fourth-order valence-electron chi connectivity index (χ4n) is 2.14. The molecule has 1 atom stereocenters. The van der Waals surface area contributed by atoms with E-state index < -0.39 is 0 Å². The first-order valence-corrected chi connectivity index (χ1v) is 6.82. The summed E-state index contributed by atoms with van der Waals surface area (Å²) in [7, 11) is 3.78. The summed E-state index contributed by atoms with van der Waals surface area (Å²) >= 11 is 0. The van der Waals surface area contributed by atoms with Gasteiger partial charge in [-0.25, -0.2) is 0 Å².